The second kappa shape index (κ2) is 7.32. The average molecular weight is 335 g/mol. The van der Waals surface area contributed by atoms with Gasteiger partial charge in [-0.3, -0.25) is 10.1 Å². The number of esters is 1. The van der Waals surface area contributed by atoms with Crippen LogP contribution < -0.4 is 4.74 Å². The van der Waals surface area contributed by atoms with Gasteiger partial charge in [-0.25, -0.2) is 9.18 Å². The maximum absolute atomic E-state index is 13.6. The van der Waals surface area contributed by atoms with Crippen LogP contribution in [0, 0.1) is 21.7 Å². The summed E-state index contributed by atoms with van der Waals surface area (Å²) in [5.41, 5.74) is -0.134. The van der Waals surface area contributed by atoms with Gasteiger partial charge in [-0.2, -0.15) is 4.39 Å². The van der Waals surface area contributed by atoms with Crippen molar-refractivity contribution in [1.82, 2.24) is 0 Å². The van der Waals surface area contributed by atoms with Gasteiger partial charge in [0.05, 0.1) is 12.0 Å². The molecule has 0 aliphatic carbocycles. The second-order valence-corrected chi connectivity index (χ2v) is 4.49. The Morgan fingerprint density at radius 2 is 1.96 bits per heavy atom. The molecule has 0 heterocycles. The van der Waals surface area contributed by atoms with Gasteiger partial charge in [0.2, 0.25) is 11.6 Å². The molecule has 0 amide bonds. The topological polar surface area (TPSA) is 78.7 Å². The Morgan fingerprint density at radius 1 is 1.21 bits per heavy atom. The number of rotatable bonds is 5. The van der Waals surface area contributed by atoms with Crippen LogP contribution in [0.4, 0.5) is 14.5 Å². The summed E-state index contributed by atoms with van der Waals surface area (Å²) in [4.78, 5) is 21.5. The van der Waals surface area contributed by atoms with Gasteiger partial charge in [0.1, 0.15) is 0 Å². The SMILES string of the molecule is COC(=O)C=Cc1ccc(Oc2cccc(F)c2F)c([N+](=O)[O-])c1. The first-order valence-corrected chi connectivity index (χ1v) is 6.58. The third kappa shape index (κ3) is 3.92. The predicted octanol–water partition coefficient (Wildman–Crippen LogP) is 3.85. The molecule has 0 bridgehead atoms. The van der Waals surface area contributed by atoms with Gasteiger partial charge in [-0.05, 0) is 29.8 Å². The monoisotopic (exact) mass is 335 g/mol. The molecule has 8 heteroatoms. The lowest BCUT2D eigenvalue weighted by Crippen LogP contribution is -1.97. The number of halogens is 2. The fraction of sp³-hybridized carbons (Fsp3) is 0.0625. The minimum Gasteiger partial charge on any atom is -0.466 e. The maximum atomic E-state index is 13.6. The lowest BCUT2D eigenvalue weighted by Gasteiger charge is -2.08. The van der Waals surface area contributed by atoms with Crippen molar-refractivity contribution in [2.24, 2.45) is 0 Å². The van der Waals surface area contributed by atoms with Crippen molar-refractivity contribution >= 4 is 17.7 Å². The van der Waals surface area contributed by atoms with E-state index in [1.165, 1.54) is 31.4 Å². The Hall–Kier alpha value is -3.29. The highest BCUT2D eigenvalue weighted by Crippen LogP contribution is 2.34. The van der Waals surface area contributed by atoms with Crippen LogP contribution >= 0.6 is 0 Å². The van der Waals surface area contributed by atoms with Crippen molar-refractivity contribution in [3.8, 4) is 11.5 Å². The van der Waals surface area contributed by atoms with Crippen molar-refractivity contribution in [2.75, 3.05) is 7.11 Å². The molecule has 0 radical (unpaired) electrons. The minimum atomic E-state index is -1.25. The zero-order valence-electron chi connectivity index (χ0n) is 12.4. The summed E-state index contributed by atoms with van der Waals surface area (Å²) in [6.07, 6.45) is 2.40. The zero-order valence-corrected chi connectivity index (χ0v) is 12.4. The van der Waals surface area contributed by atoms with Crippen LogP contribution in [-0.2, 0) is 9.53 Å². The number of methoxy groups -OCH3 is 1. The molecule has 2 rings (SSSR count). The molecular weight excluding hydrogens is 324 g/mol. The molecule has 0 N–H and O–H groups in total. The van der Waals surface area contributed by atoms with Crippen LogP contribution in [0.1, 0.15) is 5.56 Å². The van der Waals surface area contributed by atoms with E-state index in [1.807, 2.05) is 0 Å². The van der Waals surface area contributed by atoms with E-state index in [4.69, 9.17) is 4.74 Å². The predicted molar refractivity (Wildman–Crippen MR) is 80.6 cm³/mol. The molecule has 0 aliphatic heterocycles. The smallest absolute Gasteiger partial charge is 0.330 e. The van der Waals surface area contributed by atoms with E-state index in [2.05, 4.69) is 4.74 Å². The molecule has 0 aromatic heterocycles. The van der Waals surface area contributed by atoms with Gasteiger partial charge >= 0.3 is 11.7 Å². The van der Waals surface area contributed by atoms with E-state index in [0.717, 1.165) is 24.3 Å². The first-order chi connectivity index (χ1) is 11.4. The molecular formula is C16H11F2NO5. The molecule has 124 valence electrons. The standard InChI is InChI=1S/C16H11F2NO5/c1-23-15(20)8-6-10-5-7-13(12(9-10)19(21)22)24-14-4-2-3-11(17)16(14)18/h2-9H,1H3. The van der Waals surface area contributed by atoms with Gasteiger partial charge in [0.15, 0.2) is 11.6 Å². The Kier molecular flexibility index (Phi) is 5.20. The van der Waals surface area contributed by atoms with E-state index in [1.54, 1.807) is 0 Å². The van der Waals surface area contributed by atoms with Crippen LogP contribution in [0.25, 0.3) is 6.08 Å². The summed E-state index contributed by atoms with van der Waals surface area (Å²) in [7, 11) is 1.19. The number of benzene rings is 2. The third-order valence-electron chi connectivity index (χ3n) is 2.93. The quantitative estimate of drug-likeness (QED) is 0.359. The Morgan fingerprint density at radius 3 is 2.62 bits per heavy atom. The number of hydrogen-bond donors (Lipinski definition) is 0. The summed E-state index contributed by atoms with van der Waals surface area (Å²) in [5.74, 6) is -3.75. The Labute approximate surface area is 135 Å². The molecule has 0 saturated carbocycles. The molecule has 2 aromatic rings. The highest BCUT2D eigenvalue weighted by atomic mass is 19.2. The van der Waals surface area contributed by atoms with Gasteiger partial charge in [-0.15, -0.1) is 0 Å². The fourth-order valence-electron chi connectivity index (χ4n) is 1.78. The average Bonchev–Trinajstić information content (AvgIpc) is 2.57. The van der Waals surface area contributed by atoms with Gasteiger partial charge < -0.3 is 9.47 Å². The normalized spacial score (nSPS) is 10.6. The molecule has 0 aliphatic rings. The van der Waals surface area contributed by atoms with Crippen LogP contribution in [0.2, 0.25) is 0 Å². The first-order valence-electron chi connectivity index (χ1n) is 6.58. The number of nitro benzene ring substituents is 1. The number of carbonyl (C=O) groups is 1. The molecule has 0 saturated heterocycles. The molecule has 2 aromatic carbocycles. The van der Waals surface area contributed by atoms with Crippen molar-refractivity contribution in [3.63, 3.8) is 0 Å². The Balaban J connectivity index is 2.37. The van der Waals surface area contributed by atoms with Crippen molar-refractivity contribution < 1.29 is 28.0 Å². The van der Waals surface area contributed by atoms with E-state index in [0.29, 0.717) is 5.56 Å². The summed E-state index contributed by atoms with van der Waals surface area (Å²) >= 11 is 0. The highest BCUT2D eigenvalue weighted by Gasteiger charge is 2.19. The lowest BCUT2D eigenvalue weighted by molar-refractivity contribution is -0.385. The van der Waals surface area contributed by atoms with Crippen LogP contribution in [-0.4, -0.2) is 18.0 Å². The van der Waals surface area contributed by atoms with E-state index >= 15 is 0 Å². The molecule has 0 unspecified atom stereocenters. The van der Waals surface area contributed by atoms with Gasteiger partial charge in [-0.1, -0.05) is 12.1 Å². The molecule has 0 spiro atoms. The van der Waals surface area contributed by atoms with Crippen LogP contribution in [0.3, 0.4) is 0 Å². The molecule has 0 atom stereocenters. The summed E-state index contributed by atoms with van der Waals surface area (Å²) in [6, 6.07) is 7.03. The molecule has 6 nitrogen and oxygen atoms in total. The maximum Gasteiger partial charge on any atom is 0.330 e. The highest BCUT2D eigenvalue weighted by molar-refractivity contribution is 5.87. The first kappa shape index (κ1) is 17.1. The fourth-order valence-corrected chi connectivity index (χ4v) is 1.78. The lowest BCUT2D eigenvalue weighted by atomic mass is 10.1. The summed E-state index contributed by atoms with van der Waals surface area (Å²) in [5, 5.41) is 11.2. The number of ether oxygens (including phenoxy) is 2. The largest absolute Gasteiger partial charge is 0.466 e. The van der Waals surface area contributed by atoms with Crippen molar-refractivity contribution in [3.05, 3.63) is 69.8 Å². The van der Waals surface area contributed by atoms with E-state index < -0.39 is 34.0 Å². The van der Waals surface area contributed by atoms with Gasteiger partial charge in [0, 0.05) is 12.1 Å². The number of hydrogen-bond acceptors (Lipinski definition) is 5. The number of nitro groups is 1. The summed E-state index contributed by atoms with van der Waals surface area (Å²) < 4.78 is 36.3. The van der Waals surface area contributed by atoms with E-state index in [9.17, 15) is 23.7 Å². The van der Waals surface area contributed by atoms with Crippen molar-refractivity contribution in [2.45, 2.75) is 0 Å². The van der Waals surface area contributed by atoms with Crippen LogP contribution in [0.5, 0.6) is 11.5 Å². The Bertz CT molecular complexity index is 820. The second-order valence-electron chi connectivity index (χ2n) is 4.49. The van der Waals surface area contributed by atoms with Crippen molar-refractivity contribution in [1.29, 1.82) is 0 Å². The van der Waals surface area contributed by atoms with E-state index in [-0.39, 0.29) is 5.75 Å². The number of nitrogens with zero attached hydrogens (tertiary/aromatic N) is 1. The number of carbonyl (C=O) groups excluding carboxylic acids is 1. The zero-order chi connectivity index (χ0) is 17.7. The molecule has 0 fully saturated rings. The molecule has 24 heavy (non-hydrogen) atoms. The summed E-state index contributed by atoms with van der Waals surface area (Å²) in [6.45, 7) is 0. The van der Waals surface area contributed by atoms with Crippen LogP contribution in [0.15, 0.2) is 42.5 Å². The van der Waals surface area contributed by atoms with Gasteiger partial charge in [0.25, 0.3) is 0 Å². The third-order valence-corrected chi connectivity index (χ3v) is 2.93. The minimum absolute atomic E-state index is 0.264.